The van der Waals surface area contributed by atoms with E-state index in [4.69, 9.17) is 15.7 Å². The lowest BCUT2D eigenvalue weighted by molar-refractivity contribution is 0.0729. The van der Waals surface area contributed by atoms with Crippen molar-refractivity contribution in [3.63, 3.8) is 0 Å². The van der Waals surface area contributed by atoms with Crippen LogP contribution in [-0.4, -0.2) is 31.5 Å². The molecule has 0 atom stereocenters. The van der Waals surface area contributed by atoms with Crippen LogP contribution in [0.1, 0.15) is 45.9 Å². The standard InChI is InChI=1S/C17H12B2BrFN2O/c18-17(19)15-11(2-1-5-22-15)16(24)23(17)8-13-12(9-3-4-9)6-10(20)7-14(13)21/h1-2,5-7,9H,3-4,8H2. The number of fused-ring (bicyclic) bond motifs is 1. The Kier molecular flexibility index (Phi) is 3.60. The van der Waals surface area contributed by atoms with E-state index < -0.39 is 5.34 Å². The molecule has 2 heterocycles. The number of hydrogen-bond donors (Lipinski definition) is 0. The van der Waals surface area contributed by atoms with Gasteiger partial charge in [-0.25, -0.2) is 4.39 Å². The minimum absolute atomic E-state index is 0.0210. The van der Waals surface area contributed by atoms with Crippen LogP contribution in [-0.2, 0) is 11.9 Å². The average molecular weight is 381 g/mol. The number of amides is 1. The molecule has 2 aromatic rings. The first-order chi connectivity index (χ1) is 11.4. The number of rotatable bonds is 3. The smallest absolute Gasteiger partial charge is 0.255 e. The van der Waals surface area contributed by atoms with Crippen LogP contribution in [0.2, 0.25) is 0 Å². The summed E-state index contributed by atoms with van der Waals surface area (Å²) in [4.78, 5) is 18.1. The van der Waals surface area contributed by atoms with Crippen LogP contribution in [0, 0.1) is 5.82 Å². The van der Waals surface area contributed by atoms with E-state index in [9.17, 15) is 9.18 Å². The lowest BCUT2D eigenvalue weighted by atomic mass is 9.59. The molecule has 1 amide bonds. The first-order valence-electron chi connectivity index (χ1n) is 7.72. The third-order valence-electron chi connectivity index (χ3n) is 4.64. The topological polar surface area (TPSA) is 33.2 Å². The Morgan fingerprint density at radius 1 is 1.38 bits per heavy atom. The predicted molar refractivity (Wildman–Crippen MR) is 93.4 cm³/mol. The molecule has 1 aliphatic heterocycles. The minimum Gasteiger partial charge on any atom is -0.340 e. The highest BCUT2D eigenvalue weighted by Crippen LogP contribution is 2.44. The van der Waals surface area contributed by atoms with Crippen LogP contribution < -0.4 is 0 Å². The normalized spacial score (nSPS) is 18.8. The van der Waals surface area contributed by atoms with E-state index in [0.717, 1.165) is 18.4 Å². The third kappa shape index (κ3) is 2.41. The largest absolute Gasteiger partial charge is 0.340 e. The summed E-state index contributed by atoms with van der Waals surface area (Å²) in [6.45, 7) is 0.0210. The second kappa shape index (κ2) is 5.45. The van der Waals surface area contributed by atoms with Gasteiger partial charge in [0.05, 0.1) is 26.9 Å². The molecule has 1 saturated carbocycles. The maximum atomic E-state index is 14.6. The van der Waals surface area contributed by atoms with Crippen LogP contribution in [0.3, 0.4) is 0 Å². The number of benzene rings is 1. The zero-order valence-corrected chi connectivity index (χ0v) is 14.4. The highest BCUT2D eigenvalue weighted by Gasteiger charge is 2.43. The van der Waals surface area contributed by atoms with E-state index >= 15 is 0 Å². The Labute approximate surface area is 150 Å². The molecule has 3 nitrogen and oxygen atoms in total. The van der Waals surface area contributed by atoms with Gasteiger partial charge in [-0.2, -0.15) is 0 Å². The molecule has 0 N–H and O–H groups in total. The number of hydrogen-bond acceptors (Lipinski definition) is 2. The molecule has 0 saturated heterocycles. The van der Waals surface area contributed by atoms with Crippen LogP contribution >= 0.6 is 15.9 Å². The first kappa shape index (κ1) is 15.9. The van der Waals surface area contributed by atoms with Crippen LogP contribution in [0.4, 0.5) is 4.39 Å². The Balaban J connectivity index is 1.76. The number of carbonyl (C=O) groups excluding carboxylic acids is 1. The molecule has 4 rings (SSSR count). The summed E-state index contributed by atoms with van der Waals surface area (Å²) in [6, 6.07) is 6.61. The molecule has 1 aliphatic carbocycles. The molecular formula is C17H12B2BrFN2O. The van der Waals surface area contributed by atoms with Gasteiger partial charge in [-0.3, -0.25) is 9.78 Å². The van der Waals surface area contributed by atoms with Crippen LogP contribution in [0.5, 0.6) is 0 Å². The van der Waals surface area contributed by atoms with E-state index in [2.05, 4.69) is 20.9 Å². The summed E-state index contributed by atoms with van der Waals surface area (Å²) in [5.41, 5.74) is 2.07. The highest BCUT2D eigenvalue weighted by molar-refractivity contribution is 9.10. The lowest BCUT2D eigenvalue weighted by Crippen LogP contribution is -2.45. The monoisotopic (exact) mass is 380 g/mol. The second-order valence-corrected chi connectivity index (χ2v) is 7.26. The van der Waals surface area contributed by atoms with E-state index in [1.165, 1.54) is 11.0 Å². The van der Waals surface area contributed by atoms with Crippen molar-refractivity contribution in [2.75, 3.05) is 0 Å². The van der Waals surface area contributed by atoms with E-state index in [1.807, 2.05) is 6.07 Å². The van der Waals surface area contributed by atoms with Gasteiger partial charge in [0, 0.05) is 28.1 Å². The molecule has 7 heteroatoms. The van der Waals surface area contributed by atoms with Crippen LogP contribution in [0.15, 0.2) is 34.9 Å². The summed E-state index contributed by atoms with van der Waals surface area (Å²) in [5.74, 6) is -0.360. The molecule has 0 unspecified atom stereocenters. The Hall–Kier alpha value is -1.62. The molecule has 1 fully saturated rings. The zero-order valence-electron chi connectivity index (χ0n) is 12.8. The van der Waals surface area contributed by atoms with Gasteiger partial charge in [-0.05, 0) is 48.6 Å². The van der Waals surface area contributed by atoms with Crippen molar-refractivity contribution >= 4 is 37.5 Å². The van der Waals surface area contributed by atoms with Gasteiger partial charge < -0.3 is 4.90 Å². The predicted octanol–water partition coefficient (Wildman–Crippen LogP) is 2.96. The molecule has 1 aromatic heterocycles. The van der Waals surface area contributed by atoms with Crippen molar-refractivity contribution in [3.05, 3.63) is 63.1 Å². The van der Waals surface area contributed by atoms with E-state index in [1.54, 1.807) is 18.3 Å². The lowest BCUT2D eigenvalue weighted by Gasteiger charge is -2.33. The summed E-state index contributed by atoms with van der Waals surface area (Å²) < 4.78 is 15.3. The maximum Gasteiger partial charge on any atom is 0.255 e. The summed E-state index contributed by atoms with van der Waals surface area (Å²) >= 11 is 3.33. The van der Waals surface area contributed by atoms with Crippen molar-refractivity contribution in [1.29, 1.82) is 0 Å². The fourth-order valence-electron chi connectivity index (χ4n) is 3.25. The van der Waals surface area contributed by atoms with Crippen molar-refractivity contribution < 1.29 is 9.18 Å². The second-order valence-electron chi connectivity index (χ2n) is 6.35. The molecular weight excluding hydrogens is 369 g/mol. The van der Waals surface area contributed by atoms with Crippen molar-refractivity contribution in [2.24, 2.45) is 0 Å². The van der Waals surface area contributed by atoms with Gasteiger partial charge in [0.15, 0.2) is 0 Å². The molecule has 4 radical (unpaired) electrons. The SMILES string of the molecule is [B]C1([B])c2ncccc2C(=O)N1Cc1c(F)cc(Br)cc1C1CC1. The highest BCUT2D eigenvalue weighted by atomic mass is 79.9. The first-order valence-corrected chi connectivity index (χ1v) is 8.52. The maximum absolute atomic E-state index is 14.6. The summed E-state index contributed by atoms with van der Waals surface area (Å²) in [5, 5.41) is -1.55. The van der Waals surface area contributed by atoms with E-state index in [-0.39, 0.29) is 18.3 Å². The molecule has 24 heavy (non-hydrogen) atoms. The Morgan fingerprint density at radius 2 is 2.12 bits per heavy atom. The fourth-order valence-corrected chi connectivity index (χ4v) is 3.70. The van der Waals surface area contributed by atoms with Gasteiger partial charge >= 0.3 is 0 Å². The number of halogens is 2. The average Bonchev–Trinajstić information content (AvgIpc) is 3.34. The number of aromatic nitrogens is 1. The van der Waals surface area contributed by atoms with Gasteiger partial charge in [-0.1, -0.05) is 15.9 Å². The molecule has 2 aliphatic rings. The number of carbonyl (C=O) groups is 1. The van der Waals surface area contributed by atoms with Crippen molar-refractivity contribution in [2.45, 2.75) is 30.6 Å². The van der Waals surface area contributed by atoms with Crippen molar-refractivity contribution in [3.8, 4) is 0 Å². The van der Waals surface area contributed by atoms with Gasteiger partial charge in [-0.15, -0.1) is 0 Å². The van der Waals surface area contributed by atoms with E-state index in [0.29, 0.717) is 27.2 Å². The minimum atomic E-state index is -1.55. The third-order valence-corrected chi connectivity index (χ3v) is 5.10. The number of nitrogens with zero attached hydrogens (tertiary/aromatic N) is 2. The fraction of sp³-hybridized carbons (Fsp3) is 0.294. The molecule has 116 valence electrons. The van der Waals surface area contributed by atoms with Crippen LogP contribution in [0.25, 0.3) is 0 Å². The Bertz CT molecular complexity index is 854. The number of pyridine rings is 1. The molecule has 0 spiro atoms. The molecule has 0 bridgehead atoms. The quantitative estimate of drug-likeness (QED) is 0.767. The van der Waals surface area contributed by atoms with Gasteiger partial charge in [0.1, 0.15) is 5.82 Å². The molecule has 1 aromatic carbocycles. The van der Waals surface area contributed by atoms with Crippen molar-refractivity contribution in [1.82, 2.24) is 9.88 Å². The van der Waals surface area contributed by atoms with Gasteiger partial charge in [0.2, 0.25) is 0 Å². The zero-order chi connectivity index (χ0) is 17.1. The Morgan fingerprint density at radius 3 is 2.79 bits per heavy atom. The van der Waals surface area contributed by atoms with Gasteiger partial charge in [0.25, 0.3) is 5.91 Å². The summed E-state index contributed by atoms with van der Waals surface area (Å²) in [7, 11) is 12.4. The summed E-state index contributed by atoms with van der Waals surface area (Å²) in [6.07, 6.45) is 3.59.